The Morgan fingerprint density at radius 2 is 1.86 bits per heavy atom. The van der Waals surface area contributed by atoms with Gasteiger partial charge in [0.1, 0.15) is 5.75 Å². The second kappa shape index (κ2) is 8.33. The van der Waals surface area contributed by atoms with E-state index in [0.29, 0.717) is 0 Å². The van der Waals surface area contributed by atoms with Gasteiger partial charge in [0.15, 0.2) is 0 Å². The first-order valence-electron chi connectivity index (χ1n) is 9.97. The Bertz CT molecular complexity index is 785. The van der Waals surface area contributed by atoms with E-state index in [1.54, 1.807) is 7.11 Å². The van der Waals surface area contributed by atoms with E-state index in [1.165, 1.54) is 5.56 Å². The number of methoxy groups -OCH3 is 1. The van der Waals surface area contributed by atoms with Crippen LogP contribution in [-0.2, 0) is 16.1 Å². The number of para-hydroxylation sites is 1. The van der Waals surface area contributed by atoms with Crippen LogP contribution >= 0.6 is 0 Å². The molecule has 148 valence electrons. The molecule has 2 aliphatic rings. The number of anilines is 1. The van der Waals surface area contributed by atoms with Crippen molar-refractivity contribution in [1.29, 1.82) is 0 Å². The Kier molecular flexibility index (Phi) is 5.64. The molecule has 5 nitrogen and oxygen atoms in total. The zero-order chi connectivity index (χ0) is 19.4. The van der Waals surface area contributed by atoms with Gasteiger partial charge >= 0.3 is 0 Å². The molecule has 0 aliphatic carbocycles. The number of hydrogen-bond donors (Lipinski definition) is 1. The fourth-order valence-electron chi connectivity index (χ4n) is 4.58. The maximum Gasteiger partial charge on any atom is 0.229 e. The van der Waals surface area contributed by atoms with E-state index in [0.717, 1.165) is 57.1 Å². The molecule has 1 amide bonds. The molecule has 28 heavy (non-hydrogen) atoms. The number of nitrogens with one attached hydrogen (secondary N) is 1. The van der Waals surface area contributed by atoms with E-state index in [2.05, 4.69) is 22.3 Å². The Hall–Kier alpha value is -2.37. The summed E-state index contributed by atoms with van der Waals surface area (Å²) in [5, 5.41) is 3.13. The highest BCUT2D eigenvalue weighted by Gasteiger charge is 2.50. The molecule has 2 saturated heterocycles. The van der Waals surface area contributed by atoms with Crippen molar-refractivity contribution < 1.29 is 14.3 Å². The lowest BCUT2D eigenvalue weighted by Gasteiger charge is -2.37. The molecule has 1 unspecified atom stereocenters. The summed E-state index contributed by atoms with van der Waals surface area (Å²) in [7, 11) is 1.68. The molecule has 2 aliphatic heterocycles. The third-order valence-electron chi connectivity index (χ3n) is 6.13. The van der Waals surface area contributed by atoms with E-state index >= 15 is 0 Å². The molecule has 0 saturated carbocycles. The monoisotopic (exact) mass is 380 g/mol. The van der Waals surface area contributed by atoms with Gasteiger partial charge < -0.3 is 14.8 Å². The van der Waals surface area contributed by atoms with Gasteiger partial charge in [0.2, 0.25) is 5.91 Å². The highest BCUT2D eigenvalue weighted by Crippen LogP contribution is 2.45. The standard InChI is InChI=1S/C23H28N2O3/c1-27-20-9-7-18(8-10-20)15-25-16-21(23(17-25)11-13-28-14-12-23)22(26)24-19-5-3-2-4-6-19/h2-10,21H,11-17H2,1H3,(H,24,26). The van der Waals surface area contributed by atoms with Crippen LogP contribution in [0.2, 0.25) is 0 Å². The van der Waals surface area contributed by atoms with Crippen LogP contribution in [-0.4, -0.2) is 44.2 Å². The SMILES string of the molecule is COc1ccc(CN2CC(C(=O)Nc3ccccc3)C3(CCOCC3)C2)cc1. The normalized spacial score (nSPS) is 21.5. The zero-order valence-corrected chi connectivity index (χ0v) is 16.4. The van der Waals surface area contributed by atoms with Gasteiger partial charge in [0, 0.05) is 44.0 Å². The van der Waals surface area contributed by atoms with Crippen LogP contribution in [0, 0.1) is 11.3 Å². The lowest BCUT2D eigenvalue weighted by molar-refractivity contribution is -0.124. The van der Waals surface area contributed by atoms with Gasteiger partial charge in [-0.1, -0.05) is 30.3 Å². The van der Waals surface area contributed by atoms with Crippen LogP contribution < -0.4 is 10.1 Å². The minimum absolute atomic E-state index is 0.00356. The molecule has 2 fully saturated rings. The van der Waals surface area contributed by atoms with Crippen molar-refractivity contribution in [2.45, 2.75) is 19.4 Å². The first kappa shape index (κ1) is 19.0. The number of carbonyl (C=O) groups excluding carboxylic acids is 1. The van der Waals surface area contributed by atoms with Gasteiger partial charge in [0.25, 0.3) is 0 Å². The Labute approximate surface area is 166 Å². The summed E-state index contributed by atoms with van der Waals surface area (Å²) in [5.41, 5.74) is 2.11. The maximum absolute atomic E-state index is 13.2. The van der Waals surface area contributed by atoms with Crippen molar-refractivity contribution in [3.05, 3.63) is 60.2 Å². The molecule has 1 spiro atoms. The third kappa shape index (κ3) is 4.05. The minimum atomic E-state index is -0.0187. The van der Waals surface area contributed by atoms with Gasteiger partial charge in [-0.25, -0.2) is 0 Å². The summed E-state index contributed by atoms with van der Waals surface area (Å²) in [6.07, 6.45) is 1.89. The van der Waals surface area contributed by atoms with Gasteiger partial charge in [-0.05, 0) is 42.7 Å². The third-order valence-corrected chi connectivity index (χ3v) is 6.13. The lowest BCUT2D eigenvalue weighted by atomic mass is 9.71. The number of nitrogens with zero attached hydrogens (tertiary/aromatic N) is 1. The lowest BCUT2D eigenvalue weighted by Crippen LogP contribution is -2.42. The van der Waals surface area contributed by atoms with Gasteiger partial charge in [-0.15, -0.1) is 0 Å². The fourth-order valence-corrected chi connectivity index (χ4v) is 4.58. The molecular weight excluding hydrogens is 352 g/mol. The predicted octanol–water partition coefficient (Wildman–Crippen LogP) is 3.56. The summed E-state index contributed by atoms with van der Waals surface area (Å²) in [5.74, 6) is 0.978. The molecule has 0 aromatic heterocycles. The van der Waals surface area contributed by atoms with Gasteiger partial charge in [-0.2, -0.15) is 0 Å². The number of hydrogen-bond acceptors (Lipinski definition) is 4. The molecule has 0 bridgehead atoms. The maximum atomic E-state index is 13.2. The summed E-state index contributed by atoms with van der Waals surface area (Å²) < 4.78 is 10.9. The molecule has 1 N–H and O–H groups in total. The second-order valence-electron chi connectivity index (χ2n) is 7.90. The van der Waals surface area contributed by atoms with Crippen molar-refractivity contribution in [3.8, 4) is 5.75 Å². The molecular formula is C23H28N2O3. The van der Waals surface area contributed by atoms with E-state index < -0.39 is 0 Å². The average molecular weight is 380 g/mol. The molecule has 2 heterocycles. The highest BCUT2D eigenvalue weighted by atomic mass is 16.5. The number of benzene rings is 2. The van der Waals surface area contributed by atoms with Gasteiger partial charge in [-0.3, -0.25) is 9.69 Å². The van der Waals surface area contributed by atoms with Crippen molar-refractivity contribution in [2.75, 3.05) is 38.7 Å². The first-order valence-corrected chi connectivity index (χ1v) is 9.97. The number of ether oxygens (including phenoxy) is 2. The largest absolute Gasteiger partial charge is 0.497 e. The van der Waals surface area contributed by atoms with E-state index in [1.807, 2.05) is 42.5 Å². The second-order valence-corrected chi connectivity index (χ2v) is 7.90. The minimum Gasteiger partial charge on any atom is -0.497 e. The Morgan fingerprint density at radius 3 is 2.54 bits per heavy atom. The fraction of sp³-hybridized carbons (Fsp3) is 0.435. The van der Waals surface area contributed by atoms with Crippen LogP contribution in [0.15, 0.2) is 54.6 Å². The predicted molar refractivity (Wildman–Crippen MR) is 109 cm³/mol. The molecule has 0 radical (unpaired) electrons. The molecule has 5 heteroatoms. The average Bonchev–Trinajstić information content (AvgIpc) is 3.07. The Balaban J connectivity index is 1.49. The number of likely N-dealkylation sites (tertiary alicyclic amines) is 1. The van der Waals surface area contributed by atoms with Crippen LogP contribution in [0.25, 0.3) is 0 Å². The summed E-state index contributed by atoms with van der Waals surface area (Å²) in [6.45, 7) is 4.05. The topological polar surface area (TPSA) is 50.8 Å². The number of carbonyl (C=O) groups is 1. The molecule has 2 aromatic rings. The molecule has 2 aromatic carbocycles. The summed E-state index contributed by atoms with van der Waals surface area (Å²) in [6, 6.07) is 17.9. The zero-order valence-electron chi connectivity index (χ0n) is 16.4. The van der Waals surface area contributed by atoms with E-state index in [-0.39, 0.29) is 17.2 Å². The van der Waals surface area contributed by atoms with Crippen LogP contribution in [0.4, 0.5) is 5.69 Å². The van der Waals surface area contributed by atoms with E-state index in [4.69, 9.17) is 9.47 Å². The quantitative estimate of drug-likeness (QED) is 0.862. The van der Waals surface area contributed by atoms with Crippen LogP contribution in [0.5, 0.6) is 5.75 Å². The smallest absolute Gasteiger partial charge is 0.229 e. The highest BCUT2D eigenvalue weighted by molar-refractivity contribution is 5.93. The van der Waals surface area contributed by atoms with Crippen molar-refractivity contribution in [3.63, 3.8) is 0 Å². The Morgan fingerprint density at radius 1 is 1.14 bits per heavy atom. The molecule has 1 atom stereocenters. The van der Waals surface area contributed by atoms with Crippen molar-refractivity contribution >= 4 is 11.6 Å². The first-order chi connectivity index (χ1) is 13.7. The van der Waals surface area contributed by atoms with E-state index in [9.17, 15) is 4.79 Å². The van der Waals surface area contributed by atoms with Gasteiger partial charge in [0.05, 0.1) is 13.0 Å². The molecule has 4 rings (SSSR count). The van der Waals surface area contributed by atoms with Crippen molar-refractivity contribution in [2.24, 2.45) is 11.3 Å². The summed E-state index contributed by atoms with van der Waals surface area (Å²) >= 11 is 0. The van der Waals surface area contributed by atoms with Crippen molar-refractivity contribution in [1.82, 2.24) is 4.90 Å². The van der Waals surface area contributed by atoms with Crippen LogP contribution in [0.3, 0.4) is 0 Å². The van der Waals surface area contributed by atoms with Crippen LogP contribution in [0.1, 0.15) is 18.4 Å². The number of rotatable bonds is 5. The summed E-state index contributed by atoms with van der Waals surface area (Å²) in [4.78, 5) is 15.6. The number of amides is 1.